The highest BCUT2D eigenvalue weighted by Gasteiger charge is 2.24. The lowest BCUT2D eigenvalue weighted by Gasteiger charge is -2.28. The van der Waals surface area contributed by atoms with Crippen LogP contribution in [0.3, 0.4) is 0 Å². The Kier molecular flexibility index (Phi) is 2.21. The van der Waals surface area contributed by atoms with Crippen LogP contribution in [0.25, 0.3) is 0 Å². The van der Waals surface area contributed by atoms with E-state index in [1.54, 1.807) is 0 Å². The molecule has 0 bridgehead atoms. The first-order valence-corrected chi connectivity index (χ1v) is 3.17. The van der Waals surface area contributed by atoms with E-state index in [9.17, 15) is 4.79 Å². The summed E-state index contributed by atoms with van der Waals surface area (Å²) >= 11 is 0. The number of primary amides is 1. The number of nitrogens with one attached hydrogen (secondary N) is 1. The van der Waals surface area contributed by atoms with Gasteiger partial charge in [-0.2, -0.15) is 5.06 Å². The van der Waals surface area contributed by atoms with Crippen molar-refractivity contribution in [2.75, 3.05) is 19.6 Å². The fraction of sp³-hybridized carbons (Fsp3) is 0.800. The quantitative estimate of drug-likeness (QED) is 0.404. The fourth-order valence-corrected chi connectivity index (χ4v) is 0.941. The second kappa shape index (κ2) is 2.96. The molecule has 5 heteroatoms. The van der Waals surface area contributed by atoms with Crippen LogP contribution in [0.1, 0.15) is 0 Å². The molecule has 1 saturated heterocycles. The van der Waals surface area contributed by atoms with Gasteiger partial charge in [0, 0.05) is 19.6 Å². The van der Waals surface area contributed by atoms with E-state index in [1.165, 1.54) is 0 Å². The van der Waals surface area contributed by atoms with Crippen molar-refractivity contribution in [2.24, 2.45) is 5.73 Å². The van der Waals surface area contributed by atoms with Crippen LogP contribution in [0.4, 0.5) is 0 Å². The molecule has 1 atom stereocenters. The van der Waals surface area contributed by atoms with E-state index in [0.717, 1.165) is 5.06 Å². The first kappa shape index (κ1) is 7.46. The summed E-state index contributed by atoms with van der Waals surface area (Å²) in [7, 11) is 0. The van der Waals surface area contributed by atoms with E-state index in [2.05, 4.69) is 5.32 Å². The van der Waals surface area contributed by atoms with E-state index in [4.69, 9.17) is 10.9 Å². The Morgan fingerprint density at radius 1 is 1.80 bits per heavy atom. The van der Waals surface area contributed by atoms with E-state index in [0.29, 0.717) is 19.6 Å². The molecule has 0 aromatic carbocycles. The van der Waals surface area contributed by atoms with Crippen LogP contribution in [0.5, 0.6) is 0 Å². The van der Waals surface area contributed by atoms with Crippen molar-refractivity contribution in [1.29, 1.82) is 0 Å². The molecular weight excluding hydrogens is 134 g/mol. The highest BCUT2D eigenvalue weighted by atomic mass is 16.5. The van der Waals surface area contributed by atoms with Gasteiger partial charge >= 0.3 is 0 Å². The second-order valence-corrected chi connectivity index (χ2v) is 2.29. The van der Waals surface area contributed by atoms with Crippen molar-refractivity contribution in [3.8, 4) is 0 Å². The molecule has 1 unspecified atom stereocenters. The number of piperazine rings is 1. The van der Waals surface area contributed by atoms with Crippen LogP contribution in [0.15, 0.2) is 0 Å². The standard InChI is InChI=1S/C5H11N3O2/c6-5(9)4-3-7-1-2-8(4)10/h4,7,10H,1-3H2,(H2,6,9). The zero-order chi connectivity index (χ0) is 7.56. The molecule has 1 rings (SSSR count). The van der Waals surface area contributed by atoms with Gasteiger partial charge in [-0.15, -0.1) is 0 Å². The summed E-state index contributed by atoms with van der Waals surface area (Å²) in [6, 6.07) is -0.561. The van der Waals surface area contributed by atoms with Gasteiger partial charge in [0.15, 0.2) is 0 Å². The second-order valence-electron chi connectivity index (χ2n) is 2.29. The SMILES string of the molecule is NC(=O)C1CNCCN1O. The molecule has 0 radical (unpaired) electrons. The Balaban J connectivity index is 2.47. The molecule has 1 heterocycles. The third-order valence-electron chi connectivity index (χ3n) is 1.54. The van der Waals surface area contributed by atoms with Crippen LogP contribution in [-0.4, -0.2) is 41.9 Å². The fourth-order valence-electron chi connectivity index (χ4n) is 0.941. The van der Waals surface area contributed by atoms with Crippen LogP contribution >= 0.6 is 0 Å². The monoisotopic (exact) mass is 145 g/mol. The Morgan fingerprint density at radius 2 is 2.50 bits per heavy atom. The van der Waals surface area contributed by atoms with Crippen molar-refractivity contribution in [3.05, 3.63) is 0 Å². The number of rotatable bonds is 1. The van der Waals surface area contributed by atoms with Gasteiger partial charge in [-0.25, -0.2) is 0 Å². The van der Waals surface area contributed by atoms with Crippen LogP contribution in [0, 0.1) is 0 Å². The number of hydrogen-bond donors (Lipinski definition) is 3. The summed E-state index contributed by atoms with van der Waals surface area (Å²) in [5, 5.41) is 12.9. The van der Waals surface area contributed by atoms with E-state index >= 15 is 0 Å². The van der Waals surface area contributed by atoms with E-state index in [1.807, 2.05) is 0 Å². The molecule has 0 aromatic rings. The summed E-state index contributed by atoms with van der Waals surface area (Å²) in [6.07, 6.45) is 0. The minimum absolute atomic E-state index is 0.436. The Labute approximate surface area is 58.8 Å². The first-order chi connectivity index (χ1) is 4.72. The summed E-state index contributed by atoms with van der Waals surface area (Å²) in [6.45, 7) is 1.58. The maximum Gasteiger partial charge on any atom is 0.238 e. The normalized spacial score (nSPS) is 28.3. The number of hydroxylamine groups is 2. The largest absolute Gasteiger partial charge is 0.368 e. The third kappa shape index (κ3) is 1.44. The van der Waals surface area contributed by atoms with Gasteiger partial charge in [0.05, 0.1) is 0 Å². The van der Waals surface area contributed by atoms with E-state index < -0.39 is 11.9 Å². The lowest BCUT2D eigenvalue weighted by atomic mass is 10.2. The summed E-state index contributed by atoms with van der Waals surface area (Å²) in [5.74, 6) is -0.491. The van der Waals surface area contributed by atoms with Gasteiger partial charge in [0.25, 0.3) is 0 Å². The molecular formula is C5H11N3O2. The maximum absolute atomic E-state index is 10.5. The first-order valence-electron chi connectivity index (χ1n) is 3.17. The molecule has 0 aromatic heterocycles. The molecule has 58 valence electrons. The highest BCUT2D eigenvalue weighted by molar-refractivity contribution is 5.80. The Morgan fingerprint density at radius 3 is 2.90 bits per heavy atom. The number of hydrogen-bond acceptors (Lipinski definition) is 4. The molecule has 1 aliphatic heterocycles. The molecule has 1 aliphatic rings. The zero-order valence-corrected chi connectivity index (χ0v) is 5.58. The van der Waals surface area contributed by atoms with E-state index in [-0.39, 0.29) is 0 Å². The lowest BCUT2D eigenvalue weighted by Crippen LogP contribution is -2.55. The number of carbonyl (C=O) groups is 1. The van der Waals surface area contributed by atoms with Gasteiger partial charge < -0.3 is 16.3 Å². The van der Waals surface area contributed by atoms with Gasteiger partial charge in [0.1, 0.15) is 6.04 Å². The van der Waals surface area contributed by atoms with Gasteiger partial charge in [-0.1, -0.05) is 0 Å². The molecule has 1 fully saturated rings. The Hall–Kier alpha value is -0.650. The van der Waals surface area contributed by atoms with Crippen molar-refractivity contribution in [1.82, 2.24) is 10.4 Å². The van der Waals surface area contributed by atoms with Crippen LogP contribution < -0.4 is 11.1 Å². The third-order valence-corrected chi connectivity index (χ3v) is 1.54. The minimum Gasteiger partial charge on any atom is -0.368 e. The minimum atomic E-state index is -0.561. The molecule has 10 heavy (non-hydrogen) atoms. The predicted molar refractivity (Wildman–Crippen MR) is 34.3 cm³/mol. The number of nitrogens with zero attached hydrogens (tertiary/aromatic N) is 1. The molecule has 5 nitrogen and oxygen atoms in total. The molecule has 0 saturated carbocycles. The van der Waals surface area contributed by atoms with Crippen molar-refractivity contribution >= 4 is 5.91 Å². The van der Waals surface area contributed by atoms with Crippen LogP contribution in [0.2, 0.25) is 0 Å². The average molecular weight is 145 g/mol. The predicted octanol–water partition coefficient (Wildman–Crippen LogP) is -1.87. The summed E-state index contributed by atoms with van der Waals surface area (Å²) in [4.78, 5) is 10.5. The molecule has 1 amide bonds. The van der Waals surface area contributed by atoms with Crippen molar-refractivity contribution < 1.29 is 10.0 Å². The van der Waals surface area contributed by atoms with Crippen LogP contribution in [-0.2, 0) is 4.79 Å². The number of amides is 1. The van der Waals surface area contributed by atoms with Crippen molar-refractivity contribution in [2.45, 2.75) is 6.04 Å². The molecule has 0 aliphatic carbocycles. The molecule has 4 N–H and O–H groups in total. The Bertz CT molecular complexity index is 139. The maximum atomic E-state index is 10.5. The average Bonchev–Trinajstić information content (AvgIpc) is 1.88. The summed E-state index contributed by atoms with van der Waals surface area (Å²) in [5.41, 5.74) is 4.98. The summed E-state index contributed by atoms with van der Waals surface area (Å²) < 4.78 is 0. The van der Waals surface area contributed by atoms with Crippen molar-refractivity contribution in [3.63, 3.8) is 0 Å². The van der Waals surface area contributed by atoms with Gasteiger partial charge in [0.2, 0.25) is 5.91 Å². The molecule has 0 spiro atoms. The van der Waals surface area contributed by atoms with Gasteiger partial charge in [-0.05, 0) is 0 Å². The topological polar surface area (TPSA) is 78.6 Å². The lowest BCUT2D eigenvalue weighted by molar-refractivity contribution is -0.156. The highest BCUT2D eigenvalue weighted by Crippen LogP contribution is 1.96. The smallest absolute Gasteiger partial charge is 0.238 e. The number of carbonyl (C=O) groups excluding carboxylic acids is 1. The zero-order valence-electron chi connectivity index (χ0n) is 5.58. The van der Waals surface area contributed by atoms with Gasteiger partial charge in [-0.3, -0.25) is 4.79 Å². The number of nitrogens with two attached hydrogens (primary N) is 1.